The molecule has 1 spiro atoms. The number of β-lactam (4-membered cyclic amide) rings is 1. The Morgan fingerprint density at radius 3 is 2.06 bits per heavy atom. The van der Waals surface area contributed by atoms with E-state index in [1.165, 1.54) is 24.1 Å². The molecule has 2 fully saturated rings. The zero-order valence-electron chi connectivity index (χ0n) is 19.2. The van der Waals surface area contributed by atoms with Gasteiger partial charge in [0.1, 0.15) is 12.1 Å². The molecule has 2 aliphatic heterocycles. The van der Waals surface area contributed by atoms with Crippen LogP contribution in [0.1, 0.15) is 22.0 Å². The Kier molecular flexibility index (Phi) is 6.09. The third-order valence-electron chi connectivity index (χ3n) is 6.37. The fourth-order valence-corrected chi connectivity index (χ4v) is 8.14. The van der Waals surface area contributed by atoms with Crippen LogP contribution in [0.2, 0.25) is 0 Å². The van der Waals surface area contributed by atoms with Gasteiger partial charge in [0.15, 0.2) is 4.87 Å². The Labute approximate surface area is 212 Å². The lowest BCUT2D eigenvalue weighted by Gasteiger charge is -2.56. The first-order chi connectivity index (χ1) is 17.3. The van der Waals surface area contributed by atoms with Gasteiger partial charge in [-0.1, -0.05) is 66.7 Å². The van der Waals surface area contributed by atoms with Gasteiger partial charge in [0.2, 0.25) is 0 Å². The maximum atomic E-state index is 14.0. The molecular weight excluding hydrogens is 500 g/mol. The summed E-state index contributed by atoms with van der Waals surface area (Å²) in [5, 5.41) is 0. The lowest BCUT2D eigenvalue weighted by molar-refractivity contribution is -0.157. The number of rotatable bonds is 5. The van der Waals surface area contributed by atoms with Gasteiger partial charge in [-0.2, -0.15) is 0 Å². The third-order valence-corrected chi connectivity index (χ3v) is 9.65. The van der Waals surface area contributed by atoms with Gasteiger partial charge in [-0.15, -0.1) is 11.8 Å². The molecule has 0 N–H and O–H groups in total. The lowest BCUT2D eigenvalue weighted by Crippen LogP contribution is -2.75. The predicted octanol–water partition coefficient (Wildman–Crippen LogP) is 3.09. The summed E-state index contributed by atoms with van der Waals surface area (Å²) in [7, 11) is -3.04. The van der Waals surface area contributed by atoms with Gasteiger partial charge >= 0.3 is 5.97 Å². The molecular formula is C26H22N2O6S2. The molecule has 3 atom stereocenters. The Bertz CT molecular complexity index is 1420. The predicted molar refractivity (Wildman–Crippen MR) is 133 cm³/mol. The Balaban J connectivity index is 1.69. The molecule has 0 saturated carbocycles. The molecule has 5 rings (SSSR count). The molecule has 2 saturated heterocycles. The van der Waals surface area contributed by atoms with Crippen molar-refractivity contribution in [1.29, 1.82) is 0 Å². The second-order valence-electron chi connectivity index (χ2n) is 8.32. The summed E-state index contributed by atoms with van der Waals surface area (Å²) in [5.41, 5.74) is 0.803. The number of sulfonamides is 1. The summed E-state index contributed by atoms with van der Waals surface area (Å²) < 4.78 is 33.1. The highest BCUT2D eigenvalue weighted by Gasteiger charge is 2.74. The van der Waals surface area contributed by atoms with Gasteiger partial charge in [-0.05, 0) is 29.8 Å². The van der Waals surface area contributed by atoms with E-state index in [1.54, 1.807) is 78.9 Å². The molecule has 36 heavy (non-hydrogen) atoms. The normalized spacial score (nSPS) is 23.4. The first-order valence-corrected chi connectivity index (χ1v) is 13.6. The summed E-state index contributed by atoms with van der Waals surface area (Å²) in [4.78, 5) is 40.1. The SMILES string of the molecule is COC(=O)[C@@H]1CS[C@]2(C(=O)N(S(=O)(=O)c3ccccc3)[C@H]2c2ccccc2)N1C(=O)c1ccccc1. The van der Waals surface area contributed by atoms with E-state index in [0.29, 0.717) is 5.56 Å². The maximum Gasteiger partial charge on any atom is 0.329 e. The van der Waals surface area contributed by atoms with Crippen LogP contribution < -0.4 is 0 Å². The van der Waals surface area contributed by atoms with E-state index in [1.807, 2.05) is 0 Å². The molecule has 0 aromatic heterocycles. The van der Waals surface area contributed by atoms with Crippen LogP contribution in [0.25, 0.3) is 0 Å². The number of ether oxygens (including phenoxy) is 1. The number of thioether (sulfide) groups is 1. The molecule has 10 heteroatoms. The zero-order valence-corrected chi connectivity index (χ0v) is 20.8. The standard InChI is InChI=1S/C26H22N2O6S2/c1-34-24(30)21-17-35-26(27(21)23(29)19-13-7-3-8-14-19)22(18-11-5-2-6-12-18)28(25(26)31)36(32,33)20-15-9-4-10-16-20/h2-16,21-22H,17H2,1H3/t21-,22-,26+/m0/s1. The average molecular weight is 523 g/mol. The average Bonchev–Trinajstić information content (AvgIpc) is 3.34. The molecule has 0 bridgehead atoms. The van der Waals surface area contributed by atoms with E-state index < -0.39 is 44.8 Å². The second-order valence-corrected chi connectivity index (χ2v) is 11.4. The summed E-state index contributed by atoms with van der Waals surface area (Å²) in [6.45, 7) is 0. The number of amides is 2. The largest absolute Gasteiger partial charge is 0.467 e. The van der Waals surface area contributed by atoms with E-state index in [9.17, 15) is 22.8 Å². The zero-order chi connectivity index (χ0) is 25.5. The van der Waals surface area contributed by atoms with E-state index in [4.69, 9.17) is 4.74 Å². The topological polar surface area (TPSA) is 101 Å². The van der Waals surface area contributed by atoms with Gasteiger partial charge in [0, 0.05) is 11.3 Å². The van der Waals surface area contributed by atoms with Crippen LogP contribution in [-0.2, 0) is 24.3 Å². The van der Waals surface area contributed by atoms with E-state index in [2.05, 4.69) is 0 Å². The number of esters is 1. The third kappa shape index (κ3) is 3.51. The van der Waals surface area contributed by atoms with Crippen molar-refractivity contribution in [2.45, 2.75) is 21.9 Å². The Morgan fingerprint density at radius 1 is 0.917 bits per heavy atom. The van der Waals surface area contributed by atoms with Crippen molar-refractivity contribution in [1.82, 2.24) is 9.21 Å². The van der Waals surface area contributed by atoms with Crippen LogP contribution in [0.5, 0.6) is 0 Å². The van der Waals surface area contributed by atoms with Crippen molar-refractivity contribution in [3.05, 3.63) is 102 Å². The highest BCUT2D eigenvalue weighted by molar-refractivity contribution is 8.02. The number of carbonyl (C=O) groups is 3. The van der Waals surface area contributed by atoms with Gasteiger partial charge in [-0.25, -0.2) is 17.5 Å². The van der Waals surface area contributed by atoms with Crippen LogP contribution in [-0.4, -0.2) is 59.2 Å². The molecule has 184 valence electrons. The smallest absolute Gasteiger partial charge is 0.329 e. The minimum absolute atomic E-state index is 0.0393. The molecule has 0 radical (unpaired) electrons. The minimum Gasteiger partial charge on any atom is -0.467 e. The number of carbonyl (C=O) groups excluding carboxylic acids is 3. The number of methoxy groups -OCH3 is 1. The van der Waals surface area contributed by atoms with Gasteiger partial charge in [0.25, 0.3) is 21.8 Å². The first-order valence-electron chi connectivity index (χ1n) is 11.1. The number of hydrogen-bond acceptors (Lipinski definition) is 7. The van der Waals surface area contributed by atoms with Crippen LogP contribution in [0.15, 0.2) is 95.9 Å². The summed E-state index contributed by atoms with van der Waals surface area (Å²) in [5.74, 6) is -1.92. The van der Waals surface area contributed by atoms with Crippen molar-refractivity contribution in [3.63, 3.8) is 0 Å². The molecule has 0 aliphatic carbocycles. The molecule has 0 unspecified atom stereocenters. The summed E-state index contributed by atoms with van der Waals surface area (Å²) >= 11 is 1.09. The number of nitrogens with zero attached hydrogens (tertiary/aromatic N) is 2. The molecule has 3 aromatic carbocycles. The molecule has 8 nitrogen and oxygen atoms in total. The highest BCUT2D eigenvalue weighted by atomic mass is 32.2. The molecule has 2 aliphatic rings. The summed E-state index contributed by atoms with van der Waals surface area (Å²) in [6.07, 6.45) is 0. The van der Waals surface area contributed by atoms with Gasteiger partial charge in [-0.3, -0.25) is 14.5 Å². The van der Waals surface area contributed by atoms with Crippen LogP contribution in [0.4, 0.5) is 0 Å². The van der Waals surface area contributed by atoms with Crippen LogP contribution >= 0.6 is 11.8 Å². The maximum absolute atomic E-state index is 14.0. The van der Waals surface area contributed by atoms with Gasteiger partial charge < -0.3 is 4.74 Å². The second kappa shape index (κ2) is 9.11. The molecule has 3 aromatic rings. The van der Waals surface area contributed by atoms with Crippen molar-refractivity contribution >= 4 is 39.6 Å². The van der Waals surface area contributed by atoms with E-state index in [-0.39, 0.29) is 16.2 Å². The fourth-order valence-electron chi connectivity index (χ4n) is 4.71. The van der Waals surface area contributed by atoms with Crippen molar-refractivity contribution in [2.24, 2.45) is 0 Å². The minimum atomic E-state index is -4.25. The quantitative estimate of drug-likeness (QED) is 0.375. The Morgan fingerprint density at radius 2 is 1.47 bits per heavy atom. The van der Waals surface area contributed by atoms with E-state index in [0.717, 1.165) is 16.1 Å². The van der Waals surface area contributed by atoms with E-state index >= 15 is 0 Å². The number of benzene rings is 3. The monoisotopic (exact) mass is 522 g/mol. The Hall–Kier alpha value is -3.63. The molecule has 2 amide bonds. The van der Waals surface area contributed by atoms with Gasteiger partial charge in [0.05, 0.1) is 12.0 Å². The highest BCUT2D eigenvalue weighted by Crippen LogP contribution is 2.60. The van der Waals surface area contributed by atoms with Crippen molar-refractivity contribution in [3.8, 4) is 0 Å². The number of hydrogen-bond donors (Lipinski definition) is 0. The van der Waals surface area contributed by atoms with Crippen molar-refractivity contribution < 1.29 is 27.5 Å². The fraction of sp³-hybridized carbons (Fsp3) is 0.192. The van der Waals surface area contributed by atoms with Crippen molar-refractivity contribution in [2.75, 3.05) is 12.9 Å². The molecule has 2 heterocycles. The first kappa shape index (κ1) is 24.1. The summed E-state index contributed by atoms with van der Waals surface area (Å²) in [6, 6.07) is 22.5. The van der Waals surface area contributed by atoms with Crippen LogP contribution in [0.3, 0.4) is 0 Å². The lowest BCUT2D eigenvalue weighted by atomic mass is 9.88. The van der Waals surface area contributed by atoms with Crippen LogP contribution in [0, 0.1) is 0 Å².